The van der Waals surface area contributed by atoms with Crippen LogP contribution in [-0.2, 0) is 9.53 Å². The summed E-state index contributed by atoms with van der Waals surface area (Å²) in [6.07, 6.45) is 1.87. The van der Waals surface area contributed by atoms with Crippen LogP contribution >= 0.6 is 0 Å². The predicted octanol–water partition coefficient (Wildman–Crippen LogP) is 2.75. The Morgan fingerprint density at radius 1 is 1.23 bits per heavy atom. The Morgan fingerprint density at radius 3 is 2.58 bits per heavy atom. The molecule has 0 radical (unpaired) electrons. The van der Waals surface area contributed by atoms with Gasteiger partial charge in [0.25, 0.3) is 5.91 Å². The Bertz CT molecular complexity index is 888. The number of anilines is 1. The molecule has 1 aromatic carbocycles. The van der Waals surface area contributed by atoms with Crippen LogP contribution in [0.1, 0.15) is 49.3 Å². The SMILES string of the molecule is CCN(CC)C(=O)[C@@H]1C[C@@H](OC)CN1C(=O)c1ccnc(N[C@@H](C)c2ccccc2)n1. The number of nitrogens with zero attached hydrogens (tertiary/aromatic N) is 4. The summed E-state index contributed by atoms with van der Waals surface area (Å²) in [6.45, 7) is 7.45. The van der Waals surface area contributed by atoms with Crippen LogP contribution in [0.4, 0.5) is 5.95 Å². The molecule has 1 saturated heterocycles. The quantitative estimate of drug-likeness (QED) is 0.700. The van der Waals surface area contributed by atoms with Crippen LogP contribution in [0.15, 0.2) is 42.6 Å². The van der Waals surface area contributed by atoms with Gasteiger partial charge in [-0.15, -0.1) is 0 Å². The van der Waals surface area contributed by atoms with E-state index in [4.69, 9.17) is 4.74 Å². The maximum absolute atomic E-state index is 13.3. The molecular formula is C23H31N5O3. The fourth-order valence-electron chi connectivity index (χ4n) is 3.89. The van der Waals surface area contributed by atoms with E-state index in [9.17, 15) is 9.59 Å². The third kappa shape index (κ3) is 5.19. The van der Waals surface area contributed by atoms with E-state index in [1.54, 1.807) is 29.2 Å². The number of hydrogen-bond acceptors (Lipinski definition) is 6. The van der Waals surface area contributed by atoms with Crippen LogP contribution in [0.2, 0.25) is 0 Å². The number of nitrogens with one attached hydrogen (secondary N) is 1. The van der Waals surface area contributed by atoms with Gasteiger partial charge in [0, 0.05) is 39.4 Å². The fourth-order valence-corrected chi connectivity index (χ4v) is 3.89. The Kier molecular flexibility index (Phi) is 7.57. The number of rotatable bonds is 8. The first-order valence-electron chi connectivity index (χ1n) is 10.8. The van der Waals surface area contributed by atoms with Gasteiger partial charge >= 0.3 is 0 Å². The number of aromatic nitrogens is 2. The van der Waals surface area contributed by atoms with Gasteiger partial charge in [-0.1, -0.05) is 30.3 Å². The second-order valence-corrected chi connectivity index (χ2v) is 7.62. The Hall–Kier alpha value is -3.00. The van der Waals surface area contributed by atoms with E-state index in [2.05, 4.69) is 15.3 Å². The topological polar surface area (TPSA) is 87.7 Å². The molecule has 0 bridgehead atoms. The molecule has 2 heterocycles. The first kappa shape index (κ1) is 22.7. The highest BCUT2D eigenvalue weighted by Gasteiger charge is 2.41. The molecule has 1 aliphatic rings. The molecule has 3 rings (SSSR count). The first-order valence-corrected chi connectivity index (χ1v) is 10.8. The average Bonchev–Trinajstić information content (AvgIpc) is 3.24. The summed E-state index contributed by atoms with van der Waals surface area (Å²) < 4.78 is 5.47. The van der Waals surface area contributed by atoms with Gasteiger partial charge < -0.3 is 19.9 Å². The lowest BCUT2D eigenvalue weighted by atomic mass is 10.1. The van der Waals surface area contributed by atoms with Gasteiger partial charge in [0.05, 0.1) is 12.1 Å². The number of likely N-dealkylation sites (tertiary alicyclic amines) is 1. The summed E-state index contributed by atoms with van der Waals surface area (Å²) >= 11 is 0. The van der Waals surface area contributed by atoms with Gasteiger partial charge in [-0.3, -0.25) is 9.59 Å². The van der Waals surface area contributed by atoms with Crippen molar-refractivity contribution in [2.45, 2.75) is 45.4 Å². The lowest BCUT2D eigenvalue weighted by Crippen LogP contribution is -2.47. The summed E-state index contributed by atoms with van der Waals surface area (Å²) in [7, 11) is 1.61. The lowest BCUT2D eigenvalue weighted by Gasteiger charge is -2.28. The zero-order chi connectivity index (χ0) is 22.4. The standard InChI is InChI=1S/C23H31N5O3/c1-5-27(6-2)22(30)20-14-18(31-4)15-28(20)21(29)19-12-13-24-23(26-19)25-16(3)17-10-8-7-9-11-17/h7-13,16,18,20H,5-6,14-15H2,1-4H3,(H,24,25,26)/t16-,18+,20-/m0/s1. The third-order valence-corrected chi connectivity index (χ3v) is 5.74. The molecule has 1 fully saturated rings. The van der Waals surface area contributed by atoms with Crippen molar-refractivity contribution >= 4 is 17.8 Å². The zero-order valence-corrected chi connectivity index (χ0v) is 18.6. The van der Waals surface area contributed by atoms with Crippen molar-refractivity contribution in [3.8, 4) is 0 Å². The van der Waals surface area contributed by atoms with Crippen LogP contribution in [-0.4, -0.2) is 70.5 Å². The molecule has 0 spiro atoms. The first-order chi connectivity index (χ1) is 15.0. The molecule has 0 saturated carbocycles. The second-order valence-electron chi connectivity index (χ2n) is 7.62. The molecular weight excluding hydrogens is 394 g/mol. The van der Waals surface area contributed by atoms with Gasteiger partial charge in [-0.25, -0.2) is 9.97 Å². The number of benzene rings is 1. The summed E-state index contributed by atoms with van der Waals surface area (Å²) in [5, 5.41) is 3.24. The molecule has 8 heteroatoms. The zero-order valence-electron chi connectivity index (χ0n) is 18.6. The fraction of sp³-hybridized carbons (Fsp3) is 0.478. The Morgan fingerprint density at radius 2 is 1.94 bits per heavy atom. The number of carbonyl (C=O) groups excluding carboxylic acids is 2. The van der Waals surface area contributed by atoms with E-state index < -0.39 is 6.04 Å². The number of methoxy groups -OCH3 is 1. The molecule has 1 aromatic heterocycles. The van der Waals surface area contributed by atoms with Crippen molar-refractivity contribution in [1.29, 1.82) is 0 Å². The lowest BCUT2D eigenvalue weighted by molar-refractivity contribution is -0.135. The van der Waals surface area contributed by atoms with E-state index in [0.717, 1.165) is 5.56 Å². The van der Waals surface area contributed by atoms with Crippen LogP contribution in [0, 0.1) is 0 Å². The average molecular weight is 426 g/mol. The van der Waals surface area contributed by atoms with Gasteiger partial charge in [0.1, 0.15) is 11.7 Å². The van der Waals surface area contributed by atoms with Crippen molar-refractivity contribution in [2.24, 2.45) is 0 Å². The minimum absolute atomic E-state index is 0.0202. The smallest absolute Gasteiger partial charge is 0.273 e. The Balaban J connectivity index is 1.79. The molecule has 1 N–H and O–H groups in total. The number of ether oxygens (including phenoxy) is 1. The van der Waals surface area contributed by atoms with E-state index in [0.29, 0.717) is 32.0 Å². The summed E-state index contributed by atoms with van der Waals surface area (Å²) in [5.41, 5.74) is 1.35. The summed E-state index contributed by atoms with van der Waals surface area (Å²) in [4.78, 5) is 38.4. The monoisotopic (exact) mass is 425 g/mol. The maximum Gasteiger partial charge on any atom is 0.273 e. The molecule has 0 unspecified atom stereocenters. The van der Waals surface area contributed by atoms with Crippen LogP contribution < -0.4 is 5.32 Å². The highest BCUT2D eigenvalue weighted by molar-refractivity contribution is 5.96. The normalized spacial score (nSPS) is 19.2. The van der Waals surface area contributed by atoms with E-state index >= 15 is 0 Å². The van der Waals surface area contributed by atoms with Crippen molar-refractivity contribution in [3.63, 3.8) is 0 Å². The molecule has 0 aliphatic carbocycles. The second kappa shape index (κ2) is 10.3. The van der Waals surface area contributed by atoms with Crippen LogP contribution in [0.25, 0.3) is 0 Å². The largest absolute Gasteiger partial charge is 0.380 e. The highest BCUT2D eigenvalue weighted by Crippen LogP contribution is 2.24. The van der Waals surface area contributed by atoms with Crippen LogP contribution in [0.5, 0.6) is 0 Å². The van der Waals surface area contributed by atoms with Crippen molar-refractivity contribution in [2.75, 3.05) is 32.1 Å². The molecule has 31 heavy (non-hydrogen) atoms. The van der Waals surface area contributed by atoms with E-state index in [1.165, 1.54) is 0 Å². The maximum atomic E-state index is 13.3. The van der Waals surface area contributed by atoms with Crippen LogP contribution in [0.3, 0.4) is 0 Å². The molecule has 1 aliphatic heterocycles. The molecule has 2 amide bonds. The highest BCUT2D eigenvalue weighted by atomic mass is 16.5. The Labute approximate surface area is 183 Å². The molecule has 3 atom stereocenters. The predicted molar refractivity (Wildman–Crippen MR) is 119 cm³/mol. The minimum Gasteiger partial charge on any atom is -0.380 e. The van der Waals surface area contributed by atoms with E-state index in [1.807, 2.05) is 51.1 Å². The van der Waals surface area contributed by atoms with Crippen molar-refractivity contribution < 1.29 is 14.3 Å². The number of carbonyl (C=O) groups is 2. The van der Waals surface area contributed by atoms with E-state index in [-0.39, 0.29) is 29.7 Å². The summed E-state index contributed by atoms with van der Waals surface area (Å²) in [6, 6.07) is 11.0. The number of amides is 2. The minimum atomic E-state index is -0.549. The van der Waals surface area contributed by atoms with Gasteiger partial charge in [0.15, 0.2) is 0 Å². The molecule has 2 aromatic rings. The van der Waals surface area contributed by atoms with Gasteiger partial charge in [0.2, 0.25) is 11.9 Å². The van der Waals surface area contributed by atoms with Crippen molar-refractivity contribution in [3.05, 3.63) is 53.9 Å². The van der Waals surface area contributed by atoms with Gasteiger partial charge in [-0.2, -0.15) is 0 Å². The van der Waals surface area contributed by atoms with Crippen molar-refractivity contribution in [1.82, 2.24) is 19.8 Å². The third-order valence-electron chi connectivity index (χ3n) is 5.74. The molecule has 166 valence electrons. The number of hydrogen-bond donors (Lipinski definition) is 1. The molecule has 8 nitrogen and oxygen atoms in total. The number of likely N-dealkylation sites (N-methyl/N-ethyl adjacent to an activating group) is 1. The van der Waals surface area contributed by atoms with Gasteiger partial charge in [-0.05, 0) is 32.4 Å². The summed E-state index contributed by atoms with van der Waals surface area (Å²) in [5.74, 6) is 0.0298.